The largest absolute Gasteiger partial charge is 0.465 e. The Labute approximate surface area is 189 Å². The summed E-state index contributed by atoms with van der Waals surface area (Å²) in [5, 5.41) is 10.0. The number of aliphatic hydroxyl groups is 1. The number of allylic oxidation sites excluding steroid dienone is 2. The minimum absolute atomic E-state index is 0.186. The van der Waals surface area contributed by atoms with Gasteiger partial charge < -0.3 is 14.7 Å². The van der Waals surface area contributed by atoms with Gasteiger partial charge in [-0.1, -0.05) is 50.5 Å². The number of anilines is 1. The van der Waals surface area contributed by atoms with E-state index in [1.807, 2.05) is 43.3 Å². The fourth-order valence-electron chi connectivity index (χ4n) is 3.15. The van der Waals surface area contributed by atoms with Crippen molar-refractivity contribution in [3.05, 3.63) is 63.9 Å². The summed E-state index contributed by atoms with van der Waals surface area (Å²) in [6.07, 6.45) is 9.43. The third kappa shape index (κ3) is 7.64. The van der Waals surface area contributed by atoms with Crippen LogP contribution in [0.15, 0.2) is 48.6 Å². The van der Waals surface area contributed by atoms with E-state index >= 15 is 0 Å². The molecule has 2 heterocycles. The molecular formula is C25H33NO4S. The molecule has 1 N–H and O–H groups in total. The second-order valence-corrected chi connectivity index (χ2v) is 8.60. The van der Waals surface area contributed by atoms with E-state index in [1.54, 1.807) is 11.0 Å². The Hall–Kier alpha value is -2.44. The molecule has 1 atom stereocenters. The van der Waals surface area contributed by atoms with Crippen molar-refractivity contribution in [1.29, 1.82) is 0 Å². The maximum Gasteiger partial charge on any atom is 0.348 e. The average molecular weight is 444 g/mol. The molecule has 0 bridgehead atoms. The van der Waals surface area contributed by atoms with Crippen LogP contribution in [0.1, 0.15) is 72.2 Å². The molecule has 1 unspecified atom stereocenters. The van der Waals surface area contributed by atoms with E-state index in [9.17, 15) is 14.7 Å². The molecule has 6 heteroatoms. The molecule has 0 aliphatic carbocycles. The Bertz CT molecular complexity index is 857. The van der Waals surface area contributed by atoms with Crippen molar-refractivity contribution < 1.29 is 19.4 Å². The van der Waals surface area contributed by atoms with Crippen molar-refractivity contribution >= 4 is 28.9 Å². The summed E-state index contributed by atoms with van der Waals surface area (Å²) in [5.74, 6) is -0.0667. The number of β-lactam (4-membered cyclic amide) rings is 1. The summed E-state index contributed by atoms with van der Waals surface area (Å²) in [6.45, 7) is 4.96. The summed E-state index contributed by atoms with van der Waals surface area (Å²) in [6, 6.07) is 11.5. The third-order valence-electron chi connectivity index (χ3n) is 5.12. The maximum absolute atomic E-state index is 11.3. The molecule has 0 saturated carbocycles. The fourth-order valence-corrected chi connectivity index (χ4v) is 4.05. The van der Waals surface area contributed by atoms with Crippen LogP contribution in [0.5, 0.6) is 0 Å². The first-order valence-electron chi connectivity index (χ1n) is 10.9. The van der Waals surface area contributed by atoms with Gasteiger partial charge in [-0.2, -0.15) is 0 Å². The molecule has 1 saturated heterocycles. The van der Waals surface area contributed by atoms with E-state index < -0.39 is 0 Å². The Kier molecular flexibility index (Phi) is 10.5. The van der Waals surface area contributed by atoms with E-state index in [2.05, 4.69) is 17.7 Å². The number of nitrogens with zero attached hydrogens (tertiary/aromatic N) is 1. The molecule has 3 rings (SSSR count). The van der Waals surface area contributed by atoms with Crippen molar-refractivity contribution in [3.63, 3.8) is 0 Å². The van der Waals surface area contributed by atoms with Crippen molar-refractivity contribution in [2.75, 3.05) is 18.6 Å². The van der Waals surface area contributed by atoms with Gasteiger partial charge in [-0.3, -0.25) is 4.79 Å². The predicted molar refractivity (Wildman–Crippen MR) is 127 cm³/mol. The van der Waals surface area contributed by atoms with Gasteiger partial charge in [0.05, 0.1) is 13.2 Å². The number of hydrogen-bond acceptors (Lipinski definition) is 5. The highest BCUT2D eigenvalue weighted by Gasteiger charge is 2.25. The number of amides is 1. The Morgan fingerprint density at radius 3 is 2.52 bits per heavy atom. The minimum atomic E-state index is -0.377. The lowest BCUT2D eigenvalue weighted by Crippen LogP contribution is -2.43. The van der Waals surface area contributed by atoms with Crippen molar-refractivity contribution in [1.82, 2.24) is 0 Å². The second-order valence-electron chi connectivity index (χ2n) is 7.43. The number of benzene rings is 1. The van der Waals surface area contributed by atoms with Crippen LogP contribution in [0.4, 0.5) is 5.69 Å². The molecule has 31 heavy (non-hydrogen) atoms. The van der Waals surface area contributed by atoms with E-state index in [-0.39, 0.29) is 18.0 Å². The van der Waals surface area contributed by atoms with Crippen molar-refractivity contribution in [3.8, 4) is 0 Å². The molecule has 1 aromatic heterocycles. The van der Waals surface area contributed by atoms with Crippen LogP contribution in [0, 0.1) is 0 Å². The molecule has 2 aromatic rings. The molecule has 1 aliphatic rings. The molecule has 1 amide bonds. The summed E-state index contributed by atoms with van der Waals surface area (Å²) >= 11 is 1.48. The smallest absolute Gasteiger partial charge is 0.348 e. The third-order valence-corrected chi connectivity index (χ3v) is 6.21. The summed E-state index contributed by atoms with van der Waals surface area (Å²) in [7, 11) is 1.40. The van der Waals surface area contributed by atoms with Gasteiger partial charge in [-0.25, -0.2) is 4.79 Å². The number of carbonyl (C=O) groups is 2. The number of unbranched alkanes of at least 4 members (excludes halogenated alkanes) is 2. The first-order valence-corrected chi connectivity index (χ1v) is 11.7. The fraction of sp³-hybridized carbons (Fsp3) is 0.440. The zero-order valence-electron chi connectivity index (χ0n) is 18.7. The molecular weight excluding hydrogens is 410 g/mol. The average Bonchev–Trinajstić information content (AvgIpc) is 3.26. The highest BCUT2D eigenvalue weighted by Crippen LogP contribution is 2.26. The lowest BCUT2D eigenvalue weighted by atomic mass is 10.0. The van der Waals surface area contributed by atoms with Gasteiger partial charge in [-0.05, 0) is 49.6 Å². The van der Waals surface area contributed by atoms with Gasteiger partial charge in [0.1, 0.15) is 4.88 Å². The molecule has 5 nitrogen and oxygen atoms in total. The summed E-state index contributed by atoms with van der Waals surface area (Å²) in [5.41, 5.74) is 1.89. The van der Waals surface area contributed by atoms with E-state index in [0.717, 1.165) is 43.5 Å². The maximum atomic E-state index is 11.3. The first-order chi connectivity index (χ1) is 15.0. The highest BCUT2D eigenvalue weighted by molar-refractivity contribution is 7.13. The normalized spacial score (nSPS) is 14.1. The van der Waals surface area contributed by atoms with Crippen LogP contribution in [0.3, 0.4) is 0 Å². The Morgan fingerprint density at radius 2 is 1.97 bits per heavy atom. The number of esters is 1. The Morgan fingerprint density at radius 1 is 1.23 bits per heavy atom. The molecule has 1 fully saturated rings. The number of thiophene rings is 1. The number of carbonyl (C=O) groups excluding carboxylic acids is 2. The van der Waals surface area contributed by atoms with Crippen LogP contribution in [0.25, 0.3) is 0 Å². The van der Waals surface area contributed by atoms with E-state index in [1.165, 1.54) is 29.7 Å². The monoisotopic (exact) mass is 443 g/mol. The van der Waals surface area contributed by atoms with Crippen LogP contribution in [-0.2, 0) is 16.0 Å². The lowest BCUT2D eigenvalue weighted by Gasteiger charge is -2.30. The van der Waals surface area contributed by atoms with Crippen LogP contribution in [0.2, 0.25) is 0 Å². The molecule has 1 aliphatic heterocycles. The lowest BCUT2D eigenvalue weighted by molar-refractivity contribution is -0.122. The predicted octanol–water partition coefficient (Wildman–Crippen LogP) is 5.69. The summed E-state index contributed by atoms with van der Waals surface area (Å²) in [4.78, 5) is 26.0. The van der Waals surface area contributed by atoms with E-state index in [4.69, 9.17) is 0 Å². The first kappa shape index (κ1) is 24.8. The van der Waals surface area contributed by atoms with Gasteiger partial charge in [0.15, 0.2) is 0 Å². The second kappa shape index (κ2) is 13.1. The van der Waals surface area contributed by atoms with E-state index in [0.29, 0.717) is 11.3 Å². The molecule has 168 valence electrons. The van der Waals surface area contributed by atoms with Gasteiger partial charge in [0.25, 0.3) is 0 Å². The highest BCUT2D eigenvalue weighted by atomic mass is 32.1. The molecule has 1 aromatic carbocycles. The molecule has 0 radical (unpaired) electrons. The topological polar surface area (TPSA) is 66.8 Å². The summed E-state index contributed by atoms with van der Waals surface area (Å²) < 4.78 is 4.61. The molecule has 0 spiro atoms. The van der Waals surface area contributed by atoms with Crippen LogP contribution in [-0.4, -0.2) is 30.6 Å². The van der Waals surface area contributed by atoms with Gasteiger partial charge in [-0.15, -0.1) is 11.3 Å². The number of methoxy groups -OCH3 is 1. The minimum Gasteiger partial charge on any atom is -0.465 e. The van der Waals surface area contributed by atoms with Crippen LogP contribution < -0.4 is 4.90 Å². The zero-order chi connectivity index (χ0) is 22.6. The number of rotatable bonds is 9. The number of hydrogen-bond donors (Lipinski definition) is 1. The van der Waals surface area contributed by atoms with Gasteiger partial charge >= 0.3 is 5.97 Å². The van der Waals surface area contributed by atoms with Crippen molar-refractivity contribution in [2.24, 2.45) is 0 Å². The van der Waals surface area contributed by atoms with Crippen molar-refractivity contribution in [2.45, 2.75) is 58.5 Å². The number of aliphatic hydroxyl groups excluding tert-OH is 1. The standard InChI is InChI=1S/C15H21NO2.C10H12O2S/c1-2-3-4-5-14(17)12-6-8-13(9-7-12)16-11-10-15(16)18;1-3-4-5-8-6-7-9(13-8)10(11)12-2/h6-9,14,17H,2-5,10-11H2,1H3;3-4,6-7H,5H2,1-2H3/b;4-3-. The zero-order valence-corrected chi connectivity index (χ0v) is 19.5. The van der Waals surface area contributed by atoms with Gasteiger partial charge in [0, 0.05) is 23.5 Å². The quantitative estimate of drug-likeness (QED) is 0.234. The number of ether oxygens (including phenoxy) is 1. The van der Waals surface area contributed by atoms with Crippen LogP contribution >= 0.6 is 11.3 Å². The van der Waals surface area contributed by atoms with Gasteiger partial charge in [0.2, 0.25) is 5.91 Å². The Balaban J connectivity index is 0.000000233. The SMILES string of the molecule is C/C=C\Cc1ccc(C(=O)OC)s1.CCCCCC(O)c1ccc(N2CCC2=O)cc1.